The molecule has 8 heteroatoms. The average Bonchev–Trinajstić information content (AvgIpc) is 3.20. The highest BCUT2D eigenvalue weighted by atomic mass is 35.5. The zero-order chi connectivity index (χ0) is 19.8. The molecule has 142 valence electrons. The lowest BCUT2D eigenvalue weighted by molar-refractivity contribution is 0.102. The van der Waals surface area contributed by atoms with Gasteiger partial charge in [-0.3, -0.25) is 14.2 Å². The van der Waals surface area contributed by atoms with E-state index in [1.54, 1.807) is 21.5 Å². The number of hydrogen-bond acceptors (Lipinski definition) is 4. The van der Waals surface area contributed by atoms with Crippen LogP contribution < -0.4 is 5.32 Å². The van der Waals surface area contributed by atoms with E-state index in [0.29, 0.717) is 28.6 Å². The number of carbonyl (C=O) groups excluding carboxylic acids is 1. The van der Waals surface area contributed by atoms with E-state index >= 15 is 0 Å². The fraction of sp³-hybridized carbons (Fsp3) is 0.200. The standard InChI is InChI=1S/C20H19ClN6O/c1-12-10-16(18-13(2)24-26(3)19(18)22-12)20(28)23-17-8-9-27(25-17)11-14-4-6-15(21)7-5-14/h4-10H,11H2,1-3H3,(H,23,25,28). The molecule has 0 atom stereocenters. The smallest absolute Gasteiger partial charge is 0.257 e. The molecule has 0 radical (unpaired) electrons. The van der Waals surface area contributed by atoms with Gasteiger partial charge in [-0.05, 0) is 37.6 Å². The highest BCUT2D eigenvalue weighted by Gasteiger charge is 2.18. The summed E-state index contributed by atoms with van der Waals surface area (Å²) in [4.78, 5) is 17.4. The van der Waals surface area contributed by atoms with Crippen molar-refractivity contribution >= 4 is 34.4 Å². The van der Waals surface area contributed by atoms with Crippen LogP contribution in [0.5, 0.6) is 0 Å². The van der Waals surface area contributed by atoms with E-state index in [0.717, 1.165) is 22.3 Å². The maximum Gasteiger partial charge on any atom is 0.257 e. The Morgan fingerprint density at radius 2 is 1.89 bits per heavy atom. The molecule has 28 heavy (non-hydrogen) atoms. The highest BCUT2D eigenvalue weighted by Crippen LogP contribution is 2.22. The number of aromatic nitrogens is 5. The first-order valence-electron chi connectivity index (χ1n) is 8.81. The van der Waals surface area contributed by atoms with Gasteiger partial charge in [0.2, 0.25) is 0 Å². The zero-order valence-electron chi connectivity index (χ0n) is 15.8. The van der Waals surface area contributed by atoms with Crippen molar-refractivity contribution in [3.8, 4) is 0 Å². The number of aryl methyl sites for hydroxylation is 3. The Hall–Kier alpha value is -3.19. The van der Waals surface area contributed by atoms with Crippen LogP contribution in [-0.2, 0) is 13.6 Å². The average molecular weight is 395 g/mol. The molecule has 0 aliphatic carbocycles. The summed E-state index contributed by atoms with van der Waals surface area (Å²) in [6.45, 7) is 4.32. The summed E-state index contributed by atoms with van der Waals surface area (Å²) in [6.07, 6.45) is 1.83. The van der Waals surface area contributed by atoms with Gasteiger partial charge in [-0.2, -0.15) is 10.2 Å². The molecule has 0 unspecified atom stereocenters. The monoisotopic (exact) mass is 394 g/mol. The predicted molar refractivity (Wildman–Crippen MR) is 109 cm³/mol. The van der Waals surface area contributed by atoms with Crippen molar-refractivity contribution in [2.24, 2.45) is 7.05 Å². The van der Waals surface area contributed by atoms with Crippen molar-refractivity contribution in [2.45, 2.75) is 20.4 Å². The first-order valence-corrected chi connectivity index (χ1v) is 9.19. The molecule has 1 aromatic carbocycles. The predicted octanol–water partition coefficient (Wildman–Crippen LogP) is 3.74. The second kappa shape index (κ2) is 7.09. The van der Waals surface area contributed by atoms with Crippen LogP contribution in [0.25, 0.3) is 11.0 Å². The fourth-order valence-electron chi connectivity index (χ4n) is 3.23. The summed E-state index contributed by atoms with van der Waals surface area (Å²) in [6, 6.07) is 11.1. The number of anilines is 1. The molecule has 0 spiro atoms. The number of amides is 1. The van der Waals surface area contributed by atoms with E-state index in [1.807, 2.05) is 51.4 Å². The lowest BCUT2D eigenvalue weighted by Gasteiger charge is -2.06. The summed E-state index contributed by atoms with van der Waals surface area (Å²) in [5.41, 5.74) is 3.83. The van der Waals surface area contributed by atoms with Crippen LogP contribution in [-0.4, -0.2) is 30.5 Å². The van der Waals surface area contributed by atoms with Crippen molar-refractivity contribution < 1.29 is 4.79 Å². The molecule has 0 saturated carbocycles. The van der Waals surface area contributed by atoms with Gasteiger partial charge in [0.25, 0.3) is 5.91 Å². The largest absolute Gasteiger partial charge is 0.305 e. The molecule has 0 bridgehead atoms. The Kier molecular flexibility index (Phi) is 4.60. The molecule has 0 aliphatic rings. The lowest BCUT2D eigenvalue weighted by atomic mass is 10.1. The highest BCUT2D eigenvalue weighted by molar-refractivity contribution is 6.30. The minimum absolute atomic E-state index is 0.233. The van der Waals surface area contributed by atoms with Gasteiger partial charge in [0.05, 0.1) is 23.2 Å². The van der Waals surface area contributed by atoms with Crippen molar-refractivity contribution in [2.75, 3.05) is 5.32 Å². The number of benzene rings is 1. The topological polar surface area (TPSA) is 77.6 Å². The summed E-state index contributed by atoms with van der Waals surface area (Å²) in [5, 5.41) is 13.1. The summed E-state index contributed by atoms with van der Waals surface area (Å²) < 4.78 is 3.46. The van der Waals surface area contributed by atoms with Crippen molar-refractivity contribution in [1.82, 2.24) is 24.5 Å². The van der Waals surface area contributed by atoms with E-state index in [4.69, 9.17) is 11.6 Å². The minimum Gasteiger partial charge on any atom is -0.305 e. The van der Waals surface area contributed by atoms with E-state index in [2.05, 4.69) is 20.5 Å². The van der Waals surface area contributed by atoms with Gasteiger partial charge in [0, 0.05) is 30.0 Å². The third kappa shape index (κ3) is 3.48. The first kappa shape index (κ1) is 18.2. The van der Waals surface area contributed by atoms with Gasteiger partial charge in [-0.15, -0.1) is 0 Å². The van der Waals surface area contributed by atoms with Gasteiger partial charge in [0.15, 0.2) is 11.5 Å². The Morgan fingerprint density at radius 1 is 1.14 bits per heavy atom. The minimum atomic E-state index is -0.233. The molecule has 0 fully saturated rings. The zero-order valence-corrected chi connectivity index (χ0v) is 16.5. The summed E-state index contributed by atoms with van der Waals surface area (Å²) >= 11 is 5.92. The van der Waals surface area contributed by atoms with Crippen molar-refractivity contribution in [1.29, 1.82) is 0 Å². The molecule has 3 heterocycles. The van der Waals surface area contributed by atoms with Crippen LogP contribution in [0.4, 0.5) is 5.82 Å². The molecule has 4 aromatic rings. The maximum atomic E-state index is 12.9. The number of pyridine rings is 1. The third-order valence-corrected chi connectivity index (χ3v) is 4.73. The number of carbonyl (C=O) groups is 1. The van der Waals surface area contributed by atoms with Crippen LogP contribution in [0, 0.1) is 13.8 Å². The van der Waals surface area contributed by atoms with Crippen LogP contribution >= 0.6 is 11.6 Å². The number of hydrogen-bond donors (Lipinski definition) is 1. The SMILES string of the molecule is Cc1cc(C(=O)Nc2ccn(Cc3ccc(Cl)cc3)n2)c2c(C)nn(C)c2n1. The van der Waals surface area contributed by atoms with Gasteiger partial charge in [0.1, 0.15) is 0 Å². The van der Waals surface area contributed by atoms with Crippen LogP contribution in [0.3, 0.4) is 0 Å². The van der Waals surface area contributed by atoms with E-state index in [1.165, 1.54) is 0 Å². The Labute approximate surface area is 167 Å². The van der Waals surface area contributed by atoms with Gasteiger partial charge < -0.3 is 5.32 Å². The number of halogens is 1. The van der Waals surface area contributed by atoms with E-state index in [-0.39, 0.29) is 5.91 Å². The molecule has 0 aliphatic heterocycles. The number of nitrogens with zero attached hydrogens (tertiary/aromatic N) is 5. The van der Waals surface area contributed by atoms with E-state index < -0.39 is 0 Å². The second-order valence-electron chi connectivity index (χ2n) is 6.70. The van der Waals surface area contributed by atoms with E-state index in [9.17, 15) is 4.79 Å². The summed E-state index contributed by atoms with van der Waals surface area (Å²) in [7, 11) is 1.82. The molecule has 7 nitrogen and oxygen atoms in total. The maximum absolute atomic E-state index is 12.9. The Bertz CT molecular complexity index is 1180. The summed E-state index contributed by atoms with van der Waals surface area (Å²) in [5.74, 6) is 0.256. The van der Waals surface area contributed by atoms with Crippen LogP contribution in [0.15, 0.2) is 42.6 Å². The normalized spacial score (nSPS) is 11.1. The van der Waals surface area contributed by atoms with Crippen molar-refractivity contribution in [3.63, 3.8) is 0 Å². The molecule has 4 rings (SSSR count). The molecular formula is C20H19ClN6O. The molecule has 0 saturated heterocycles. The molecular weight excluding hydrogens is 376 g/mol. The number of nitrogens with one attached hydrogen (secondary N) is 1. The number of fused-ring (bicyclic) bond motifs is 1. The van der Waals surface area contributed by atoms with Crippen LogP contribution in [0.2, 0.25) is 5.02 Å². The second-order valence-corrected chi connectivity index (χ2v) is 7.13. The first-order chi connectivity index (χ1) is 13.4. The molecule has 1 N–H and O–H groups in total. The van der Waals surface area contributed by atoms with Crippen molar-refractivity contribution in [3.05, 3.63) is 70.1 Å². The molecule has 1 amide bonds. The Balaban J connectivity index is 1.57. The number of rotatable bonds is 4. The quantitative estimate of drug-likeness (QED) is 0.572. The van der Waals surface area contributed by atoms with Crippen LogP contribution in [0.1, 0.15) is 27.3 Å². The third-order valence-electron chi connectivity index (χ3n) is 4.48. The molecule has 3 aromatic heterocycles. The van der Waals surface area contributed by atoms with Gasteiger partial charge in [-0.1, -0.05) is 23.7 Å². The lowest BCUT2D eigenvalue weighted by Crippen LogP contribution is -2.14. The van der Waals surface area contributed by atoms with Gasteiger partial charge in [-0.25, -0.2) is 4.98 Å². The fourth-order valence-corrected chi connectivity index (χ4v) is 3.35. The Morgan fingerprint density at radius 3 is 2.64 bits per heavy atom. The van der Waals surface area contributed by atoms with Gasteiger partial charge >= 0.3 is 0 Å².